The lowest BCUT2D eigenvalue weighted by Crippen LogP contribution is -2.17. The number of benzene rings is 1. The highest BCUT2D eigenvalue weighted by Crippen LogP contribution is 2.31. The average molecular weight is 363 g/mol. The van der Waals surface area contributed by atoms with Crippen molar-refractivity contribution in [3.63, 3.8) is 0 Å². The zero-order valence-electron chi connectivity index (χ0n) is 16.8. The van der Waals surface area contributed by atoms with E-state index in [-0.39, 0.29) is 5.56 Å². The number of pyridine rings is 2. The normalized spacial score (nSPS) is 11.2. The minimum absolute atomic E-state index is 0.0679. The number of hydrogen-bond acceptors (Lipinski definition) is 2. The molecule has 3 rings (SSSR count). The van der Waals surface area contributed by atoms with Gasteiger partial charge >= 0.3 is 0 Å². The number of nitrogens with zero attached hydrogens (tertiary/aromatic N) is 2. The zero-order valence-corrected chi connectivity index (χ0v) is 16.8. The van der Waals surface area contributed by atoms with E-state index in [1.54, 1.807) is 4.57 Å². The molecule has 3 heteroatoms. The van der Waals surface area contributed by atoms with Gasteiger partial charge in [0, 0.05) is 30.3 Å². The fourth-order valence-electron chi connectivity index (χ4n) is 3.85. The molecule has 0 spiro atoms. The van der Waals surface area contributed by atoms with Crippen LogP contribution in [0, 0.1) is 6.92 Å². The van der Waals surface area contributed by atoms with E-state index in [9.17, 15) is 4.79 Å². The number of unbranched alkanes of at least 4 members (excludes halogenated alkanes) is 5. The van der Waals surface area contributed by atoms with E-state index in [1.807, 2.05) is 37.5 Å². The Morgan fingerprint density at radius 3 is 2.56 bits per heavy atom. The molecular formula is C24H30N2O. The highest BCUT2D eigenvalue weighted by atomic mass is 16.1. The maximum absolute atomic E-state index is 12.5. The summed E-state index contributed by atoms with van der Waals surface area (Å²) >= 11 is 0. The van der Waals surface area contributed by atoms with Crippen LogP contribution in [0.5, 0.6) is 0 Å². The van der Waals surface area contributed by atoms with Gasteiger partial charge in [-0.1, -0.05) is 57.2 Å². The molecule has 0 bridgehead atoms. The van der Waals surface area contributed by atoms with Gasteiger partial charge in [-0.25, -0.2) is 0 Å². The van der Waals surface area contributed by atoms with Crippen LogP contribution in [0.25, 0.3) is 22.2 Å². The molecule has 1 aromatic carbocycles. The van der Waals surface area contributed by atoms with Crippen LogP contribution in [0.4, 0.5) is 0 Å². The molecule has 3 nitrogen and oxygen atoms in total. The first-order valence-corrected chi connectivity index (χ1v) is 10.2. The van der Waals surface area contributed by atoms with E-state index in [2.05, 4.69) is 31.0 Å². The third-order valence-corrected chi connectivity index (χ3v) is 5.42. The van der Waals surface area contributed by atoms with Gasteiger partial charge in [0.1, 0.15) is 0 Å². The minimum Gasteiger partial charge on any atom is -0.311 e. The molecule has 0 aliphatic rings. The first-order chi connectivity index (χ1) is 13.1. The van der Waals surface area contributed by atoms with Gasteiger partial charge in [0.05, 0.1) is 11.2 Å². The molecule has 142 valence electrons. The molecule has 0 aliphatic carbocycles. The summed E-state index contributed by atoms with van der Waals surface area (Å²) in [6.07, 6.45) is 10.3. The molecule has 0 saturated heterocycles. The summed E-state index contributed by atoms with van der Waals surface area (Å²) in [6.45, 7) is 4.34. The maximum atomic E-state index is 12.5. The second kappa shape index (κ2) is 8.98. The number of rotatable bonds is 8. The first-order valence-electron chi connectivity index (χ1n) is 10.2. The van der Waals surface area contributed by atoms with Crippen LogP contribution in [-0.2, 0) is 13.5 Å². The molecule has 2 aromatic heterocycles. The van der Waals surface area contributed by atoms with Crippen molar-refractivity contribution in [1.82, 2.24) is 9.55 Å². The van der Waals surface area contributed by atoms with Gasteiger partial charge in [-0.15, -0.1) is 0 Å². The second-order valence-corrected chi connectivity index (χ2v) is 7.45. The molecule has 0 atom stereocenters. The van der Waals surface area contributed by atoms with Crippen LogP contribution < -0.4 is 5.56 Å². The summed E-state index contributed by atoms with van der Waals surface area (Å²) in [7, 11) is 1.86. The molecule has 0 radical (unpaired) electrons. The highest BCUT2D eigenvalue weighted by molar-refractivity contribution is 5.97. The third kappa shape index (κ3) is 4.29. The molecule has 3 aromatic rings. The van der Waals surface area contributed by atoms with Crippen molar-refractivity contribution in [3.8, 4) is 11.3 Å². The minimum atomic E-state index is 0.0679. The van der Waals surface area contributed by atoms with Crippen LogP contribution in [0.1, 0.15) is 56.6 Å². The van der Waals surface area contributed by atoms with E-state index in [0.717, 1.165) is 40.7 Å². The maximum Gasteiger partial charge on any atom is 0.251 e. The smallest absolute Gasteiger partial charge is 0.251 e. The van der Waals surface area contributed by atoms with Crippen molar-refractivity contribution in [2.24, 2.45) is 7.05 Å². The van der Waals surface area contributed by atoms with Gasteiger partial charge in [-0.3, -0.25) is 9.78 Å². The highest BCUT2D eigenvalue weighted by Gasteiger charge is 2.14. The fraction of sp³-hybridized carbons (Fsp3) is 0.417. The Hall–Kier alpha value is -2.42. The lowest BCUT2D eigenvalue weighted by molar-refractivity contribution is 0.608. The van der Waals surface area contributed by atoms with Crippen LogP contribution in [0.3, 0.4) is 0 Å². The molecule has 0 unspecified atom stereocenters. The number of aromatic nitrogens is 2. The summed E-state index contributed by atoms with van der Waals surface area (Å²) in [5.74, 6) is 0. The van der Waals surface area contributed by atoms with Crippen LogP contribution >= 0.6 is 0 Å². The Labute approximate surface area is 162 Å². The third-order valence-electron chi connectivity index (χ3n) is 5.42. The second-order valence-electron chi connectivity index (χ2n) is 7.45. The zero-order chi connectivity index (χ0) is 19.2. The van der Waals surface area contributed by atoms with Gasteiger partial charge in [0.15, 0.2) is 0 Å². The first kappa shape index (κ1) is 19.3. The molecule has 2 heterocycles. The van der Waals surface area contributed by atoms with E-state index in [1.165, 1.54) is 37.5 Å². The molecular weight excluding hydrogens is 332 g/mol. The summed E-state index contributed by atoms with van der Waals surface area (Å²) in [5.41, 5.74) is 5.51. The van der Waals surface area contributed by atoms with Crippen LogP contribution in [0.2, 0.25) is 0 Å². The van der Waals surface area contributed by atoms with Crippen molar-refractivity contribution < 1.29 is 0 Å². The Bertz CT molecular complexity index is 972. The Morgan fingerprint density at radius 2 is 1.78 bits per heavy atom. The summed E-state index contributed by atoms with van der Waals surface area (Å²) in [5, 5.41) is 1.18. The Morgan fingerprint density at radius 1 is 1.00 bits per heavy atom. The fourth-order valence-corrected chi connectivity index (χ4v) is 3.85. The predicted octanol–water partition coefficient (Wildman–Crippen LogP) is 5.81. The quantitative estimate of drug-likeness (QED) is 0.474. The molecule has 0 aliphatic heterocycles. The van der Waals surface area contributed by atoms with Gasteiger partial charge in [0.25, 0.3) is 5.56 Å². The Kier molecular flexibility index (Phi) is 6.44. The van der Waals surface area contributed by atoms with Gasteiger partial charge < -0.3 is 4.57 Å². The van der Waals surface area contributed by atoms with Gasteiger partial charge in [0.2, 0.25) is 0 Å². The largest absolute Gasteiger partial charge is 0.311 e. The predicted molar refractivity (Wildman–Crippen MR) is 114 cm³/mol. The Balaban J connectivity index is 2.01. The monoisotopic (exact) mass is 362 g/mol. The summed E-state index contributed by atoms with van der Waals surface area (Å²) in [6, 6.07) is 12.1. The van der Waals surface area contributed by atoms with Crippen molar-refractivity contribution in [2.75, 3.05) is 0 Å². The molecule has 0 saturated carbocycles. The van der Waals surface area contributed by atoms with Gasteiger partial charge in [-0.2, -0.15) is 0 Å². The van der Waals surface area contributed by atoms with E-state index in [4.69, 9.17) is 0 Å². The average Bonchev–Trinajstić information content (AvgIpc) is 2.68. The number of aryl methyl sites for hydroxylation is 3. The SMILES string of the molecule is CCCCCCCCc1cc(=O)n(C)c2cccc(-c3ncccc3C)c12. The lowest BCUT2D eigenvalue weighted by atomic mass is 9.95. The van der Waals surface area contributed by atoms with Crippen LogP contribution in [-0.4, -0.2) is 9.55 Å². The number of fused-ring (bicyclic) bond motifs is 1. The van der Waals surface area contributed by atoms with Crippen molar-refractivity contribution >= 4 is 10.9 Å². The lowest BCUT2D eigenvalue weighted by Gasteiger charge is -2.15. The summed E-state index contributed by atoms with van der Waals surface area (Å²) < 4.78 is 1.75. The molecule has 27 heavy (non-hydrogen) atoms. The van der Waals surface area contributed by atoms with E-state index >= 15 is 0 Å². The van der Waals surface area contributed by atoms with E-state index in [0.29, 0.717) is 0 Å². The standard InChI is InChI=1S/C24H30N2O/c1-4-5-6-7-8-9-13-19-17-22(27)26(3)21-15-10-14-20(23(19)21)24-18(2)12-11-16-25-24/h10-12,14-17H,4-9,13H2,1-3H3. The van der Waals surface area contributed by atoms with Crippen molar-refractivity contribution in [3.05, 3.63) is 64.1 Å². The topological polar surface area (TPSA) is 34.9 Å². The van der Waals surface area contributed by atoms with Gasteiger partial charge in [-0.05, 0) is 43.0 Å². The molecule has 0 N–H and O–H groups in total. The number of hydrogen-bond donors (Lipinski definition) is 0. The van der Waals surface area contributed by atoms with Crippen molar-refractivity contribution in [1.29, 1.82) is 0 Å². The van der Waals surface area contributed by atoms with E-state index < -0.39 is 0 Å². The van der Waals surface area contributed by atoms with Crippen molar-refractivity contribution in [2.45, 2.75) is 58.8 Å². The molecule has 0 fully saturated rings. The summed E-state index contributed by atoms with van der Waals surface area (Å²) in [4.78, 5) is 17.1. The molecule has 0 amide bonds. The van der Waals surface area contributed by atoms with Crippen LogP contribution in [0.15, 0.2) is 47.4 Å².